The Kier molecular flexibility index (Phi) is 9.18. The SMILES string of the molecule is COCOc1c(OC)c(C)cc2c1[C@H]1[C@@H]3Cc4c(O)c(C)c5c(c4[C@H](CNC(=O)Cc4ccc(OC(C)=O)cc4)N3[C@@H](C#N)[C@H](C2)N1C)OCO5. The lowest BCUT2D eigenvalue weighted by Gasteiger charge is -2.60. The van der Waals surface area contributed by atoms with Crippen LogP contribution in [-0.2, 0) is 33.6 Å². The lowest BCUT2D eigenvalue weighted by Crippen LogP contribution is -2.68. The van der Waals surface area contributed by atoms with E-state index in [1.54, 1.807) is 45.4 Å². The van der Waals surface area contributed by atoms with Gasteiger partial charge in [0.05, 0.1) is 31.7 Å². The Labute approximate surface area is 296 Å². The minimum atomic E-state index is -0.569. The molecule has 1 saturated heterocycles. The number of ether oxygens (including phenoxy) is 6. The Hall–Kier alpha value is -5.03. The summed E-state index contributed by atoms with van der Waals surface area (Å²) in [6, 6.07) is 9.65. The highest BCUT2D eigenvalue weighted by atomic mass is 16.7. The second-order valence-electron chi connectivity index (χ2n) is 13.5. The van der Waals surface area contributed by atoms with Gasteiger partial charge in [0, 0.05) is 54.9 Å². The number of likely N-dealkylation sites (N-methyl/N-ethyl adjacent to an activating group) is 1. The van der Waals surface area contributed by atoms with E-state index in [1.165, 1.54) is 6.92 Å². The van der Waals surface area contributed by atoms with Crippen LogP contribution in [0.25, 0.3) is 0 Å². The van der Waals surface area contributed by atoms with E-state index in [9.17, 15) is 20.0 Å². The van der Waals surface area contributed by atoms with Crippen LogP contribution >= 0.6 is 0 Å². The van der Waals surface area contributed by atoms with Crippen molar-refractivity contribution in [1.29, 1.82) is 5.26 Å². The quantitative estimate of drug-likeness (QED) is 0.190. The largest absolute Gasteiger partial charge is 0.507 e. The Morgan fingerprint density at radius 1 is 1.06 bits per heavy atom. The molecule has 1 fully saturated rings. The number of benzene rings is 3. The Morgan fingerprint density at radius 2 is 1.80 bits per heavy atom. The van der Waals surface area contributed by atoms with Gasteiger partial charge < -0.3 is 38.8 Å². The minimum absolute atomic E-state index is 0.000296. The lowest BCUT2D eigenvalue weighted by atomic mass is 9.71. The van der Waals surface area contributed by atoms with Crippen LogP contribution in [-0.4, -0.2) is 86.3 Å². The Balaban J connectivity index is 1.31. The highest BCUT2D eigenvalue weighted by Crippen LogP contribution is 2.58. The van der Waals surface area contributed by atoms with E-state index in [4.69, 9.17) is 28.4 Å². The maximum absolute atomic E-state index is 13.5. The molecule has 4 aliphatic rings. The molecule has 0 aromatic heterocycles. The summed E-state index contributed by atoms with van der Waals surface area (Å²) in [5.74, 6) is 2.08. The normalized spacial score (nSPS) is 23.0. The minimum Gasteiger partial charge on any atom is -0.507 e. The van der Waals surface area contributed by atoms with Crippen molar-refractivity contribution in [3.63, 3.8) is 0 Å². The number of hydrogen-bond acceptors (Lipinski definition) is 12. The number of rotatable bonds is 9. The predicted octanol–water partition coefficient (Wildman–Crippen LogP) is 3.78. The standard InChI is InChI=1S/C38H42N4O9/c1-19-11-23-13-26-28(15-39)42-27(33(41(26)4)31(23)37(35(19)47-6)48-17-46-5)14-25-32(38-36(49-18-50-38)20(2)34(25)45)29(42)16-40-30(44)12-22-7-9-24(10-8-22)51-21(3)43/h7-11,26-29,33,45H,12-14,16-18H2,1-6H3,(H,40,44)/t26-,27-,28-,29-,33+/m0/s1. The Bertz CT molecular complexity index is 1920. The summed E-state index contributed by atoms with van der Waals surface area (Å²) in [5, 5.41) is 25.8. The van der Waals surface area contributed by atoms with E-state index in [0.717, 1.165) is 22.3 Å². The first-order chi connectivity index (χ1) is 24.6. The highest BCUT2D eigenvalue weighted by Gasteiger charge is 2.56. The fraction of sp³-hybridized carbons (Fsp3) is 0.447. The van der Waals surface area contributed by atoms with Crippen molar-refractivity contribution < 1.29 is 43.1 Å². The zero-order valence-corrected chi connectivity index (χ0v) is 29.6. The van der Waals surface area contributed by atoms with Crippen LogP contribution in [0.1, 0.15) is 58.0 Å². The van der Waals surface area contributed by atoms with E-state index < -0.39 is 18.1 Å². The first-order valence-corrected chi connectivity index (χ1v) is 17.0. The molecular weight excluding hydrogens is 656 g/mol. The molecule has 4 heterocycles. The van der Waals surface area contributed by atoms with Crippen molar-refractivity contribution in [3.05, 3.63) is 69.3 Å². The lowest BCUT2D eigenvalue weighted by molar-refractivity contribution is -0.132. The number of fused-ring (bicyclic) bond motifs is 9. The van der Waals surface area contributed by atoms with Crippen LogP contribution in [0.2, 0.25) is 0 Å². The van der Waals surface area contributed by atoms with Gasteiger partial charge in [0.1, 0.15) is 17.5 Å². The number of carbonyl (C=O) groups excluding carboxylic acids is 2. The molecule has 0 radical (unpaired) electrons. The number of methoxy groups -OCH3 is 2. The molecule has 7 rings (SSSR count). The monoisotopic (exact) mass is 698 g/mol. The van der Waals surface area contributed by atoms with E-state index in [0.29, 0.717) is 58.3 Å². The summed E-state index contributed by atoms with van der Waals surface area (Å²) >= 11 is 0. The number of aryl methyl sites for hydroxylation is 1. The fourth-order valence-electron chi connectivity index (χ4n) is 8.58. The van der Waals surface area contributed by atoms with E-state index >= 15 is 0 Å². The van der Waals surface area contributed by atoms with Crippen molar-refractivity contribution in [1.82, 2.24) is 15.1 Å². The first-order valence-electron chi connectivity index (χ1n) is 17.0. The third kappa shape index (κ3) is 5.77. The predicted molar refractivity (Wildman–Crippen MR) is 183 cm³/mol. The number of aromatic hydroxyl groups is 1. The summed E-state index contributed by atoms with van der Waals surface area (Å²) in [5.41, 5.74) is 5.70. The number of nitrogens with one attached hydrogen (secondary N) is 1. The summed E-state index contributed by atoms with van der Waals surface area (Å²) in [7, 11) is 5.23. The van der Waals surface area contributed by atoms with E-state index in [-0.39, 0.29) is 56.3 Å². The summed E-state index contributed by atoms with van der Waals surface area (Å²) in [4.78, 5) is 29.3. The molecule has 2 bridgehead atoms. The van der Waals surface area contributed by atoms with Gasteiger partial charge in [-0.3, -0.25) is 19.4 Å². The van der Waals surface area contributed by atoms with Crippen LogP contribution in [0, 0.1) is 25.2 Å². The van der Waals surface area contributed by atoms with Gasteiger partial charge in [-0.2, -0.15) is 5.26 Å². The van der Waals surface area contributed by atoms with Gasteiger partial charge in [-0.1, -0.05) is 18.2 Å². The van der Waals surface area contributed by atoms with Crippen molar-refractivity contribution in [2.45, 2.75) is 70.2 Å². The van der Waals surface area contributed by atoms with Gasteiger partial charge in [-0.25, -0.2) is 0 Å². The fourth-order valence-corrected chi connectivity index (χ4v) is 8.58. The van der Waals surface area contributed by atoms with Gasteiger partial charge in [0.25, 0.3) is 0 Å². The highest BCUT2D eigenvalue weighted by molar-refractivity contribution is 5.79. The molecule has 268 valence electrons. The second-order valence-corrected chi connectivity index (χ2v) is 13.5. The number of phenolic OH excluding ortho intramolecular Hbond substituents is 1. The number of phenols is 1. The molecule has 3 aromatic carbocycles. The average Bonchev–Trinajstić information content (AvgIpc) is 3.59. The molecule has 51 heavy (non-hydrogen) atoms. The summed E-state index contributed by atoms with van der Waals surface area (Å²) in [6.45, 7) is 5.28. The molecule has 3 aromatic rings. The molecule has 0 saturated carbocycles. The van der Waals surface area contributed by atoms with Crippen LogP contribution in [0.3, 0.4) is 0 Å². The molecule has 0 unspecified atom stereocenters. The maximum Gasteiger partial charge on any atom is 0.308 e. The van der Waals surface area contributed by atoms with E-state index in [1.807, 2.05) is 14.0 Å². The maximum atomic E-state index is 13.5. The van der Waals surface area contributed by atoms with Gasteiger partial charge in [0.2, 0.25) is 12.7 Å². The van der Waals surface area contributed by atoms with Crippen molar-refractivity contribution >= 4 is 11.9 Å². The van der Waals surface area contributed by atoms with Crippen molar-refractivity contribution in [3.8, 4) is 40.6 Å². The van der Waals surface area contributed by atoms with Crippen LogP contribution in [0.5, 0.6) is 34.5 Å². The number of esters is 1. The number of nitriles is 1. The zero-order valence-electron chi connectivity index (χ0n) is 29.6. The molecule has 0 aliphatic carbocycles. The molecule has 1 amide bonds. The number of carbonyl (C=O) groups is 2. The average molecular weight is 699 g/mol. The number of hydrogen-bond donors (Lipinski definition) is 2. The third-order valence-corrected chi connectivity index (χ3v) is 10.6. The first kappa shape index (κ1) is 34.4. The van der Waals surface area contributed by atoms with Crippen LogP contribution < -0.4 is 29.0 Å². The van der Waals surface area contributed by atoms with E-state index in [2.05, 4.69) is 27.3 Å². The molecule has 0 spiro atoms. The Morgan fingerprint density at radius 3 is 2.49 bits per heavy atom. The summed E-state index contributed by atoms with van der Waals surface area (Å²) in [6.07, 6.45) is 1.07. The molecule has 13 nitrogen and oxygen atoms in total. The zero-order chi connectivity index (χ0) is 36.1. The smallest absolute Gasteiger partial charge is 0.308 e. The van der Waals surface area contributed by atoms with Gasteiger partial charge in [-0.15, -0.1) is 0 Å². The molecule has 13 heteroatoms. The van der Waals surface area contributed by atoms with Crippen molar-refractivity contribution in [2.24, 2.45) is 0 Å². The van der Waals surface area contributed by atoms with Crippen LogP contribution in [0.4, 0.5) is 0 Å². The van der Waals surface area contributed by atoms with Crippen LogP contribution in [0.15, 0.2) is 30.3 Å². The molecule has 2 N–H and O–H groups in total. The molecule has 4 aliphatic heterocycles. The van der Waals surface area contributed by atoms with Gasteiger partial charge in [-0.05, 0) is 62.6 Å². The van der Waals surface area contributed by atoms with Crippen molar-refractivity contribution in [2.75, 3.05) is 41.4 Å². The summed E-state index contributed by atoms with van der Waals surface area (Å²) < 4.78 is 34.5. The number of nitrogens with zero attached hydrogens (tertiary/aromatic N) is 3. The molecule has 5 atom stereocenters. The second kappa shape index (κ2) is 13.6. The topological polar surface area (TPSA) is 152 Å². The third-order valence-electron chi connectivity index (χ3n) is 10.6. The number of piperazine rings is 1. The molecular formula is C38H42N4O9. The van der Waals surface area contributed by atoms with Gasteiger partial charge >= 0.3 is 5.97 Å². The number of amides is 1. The van der Waals surface area contributed by atoms with Gasteiger partial charge in [0.15, 0.2) is 29.8 Å².